The Bertz CT molecular complexity index is 1170. The molecule has 4 rings (SSSR count). The van der Waals surface area contributed by atoms with Gasteiger partial charge in [-0.1, -0.05) is 33.6 Å². The van der Waals surface area contributed by atoms with Crippen LogP contribution in [0, 0.1) is 6.92 Å². The van der Waals surface area contributed by atoms with E-state index in [2.05, 4.69) is 26.2 Å². The topological polar surface area (TPSA) is 82.3 Å². The average molecular weight is 489 g/mol. The SMILES string of the molecule is Cc1ccc(C(=O)N2CCC(NC(=O)C(=O)c3c[nH]c4ccc(Br)cc34)C2)c(Cl)c1. The number of rotatable bonds is 4. The molecule has 0 bridgehead atoms. The molecule has 2 amide bonds. The molecule has 0 radical (unpaired) electrons. The molecular weight excluding hydrogens is 470 g/mol. The summed E-state index contributed by atoms with van der Waals surface area (Å²) < 4.78 is 0.823. The van der Waals surface area contributed by atoms with Crippen LogP contribution in [-0.2, 0) is 4.79 Å². The Morgan fingerprint density at radius 3 is 2.73 bits per heavy atom. The van der Waals surface area contributed by atoms with Crippen molar-refractivity contribution in [3.63, 3.8) is 0 Å². The van der Waals surface area contributed by atoms with Gasteiger partial charge in [0.1, 0.15) is 0 Å². The van der Waals surface area contributed by atoms with Crippen LogP contribution in [0.2, 0.25) is 5.02 Å². The minimum Gasteiger partial charge on any atom is -0.360 e. The van der Waals surface area contributed by atoms with Gasteiger partial charge in [0.15, 0.2) is 0 Å². The Hall–Kier alpha value is -2.64. The second kappa shape index (κ2) is 8.24. The van der Waals surface area contributed by atoms with Crippen LogP contribution in [0.3, 0.4) is 0 Å². The highest BCUT2D eigenvalue weighted by Crippen LogP contribution is 2.24. The van der Waals surface area contributed by atoms with E-state index in [1.807, 2.05) is 25.1 Å². The maximum absolute atomic E-state index is 12.8. The van der Waals surface area contributed by atoms with E-state index in [0.29, 0.717) is 41.0 Å². The summed E-state index contributed by atoms with van der Waals surface area (Å²) >= 11 is 9.60. The zero-order valence-electron chi connectivity index (χ0n) is 16.2. The molecule has 1 atom stereocenters. The van der Waals surface area contributed by atoms with E-state index < -0.39 is 11.7 Å². The van der Waals surface area contributed by atoms with Crippen LogP contribution < -0.4 is 5.32 Å². The lowest BCUT2D eigenvalue weighted by atomic mass is 10.1. The fraction of sp³-hybridized carbons (Fsp3) is 0.227. The molecule has 1 unspecified atom stereocenters. The molecule has 2 aromatic carbocycles. The van der Waals surface area contributed by atoms with E-state index >= 15 is 0 Å². The van der Waals surface area contributed by atoms with Gasteiger partial charge in [0.05, 0.1) is 16.1 Å². The molecule has 0 saturated carbocycles. The summed E-state index contributed by atoms with van der Waals surface area (Å²) in [5.74, 6) is -1.46. The zero-order valence-corrected chi connectivity index (χ0v) is 18.5. The molecular formula is C22H19BrClN3O3. The molecule has 154 valence electrons. The monoisotopic (exact) mass is 487 g/mol. The Labute approximate surface area is 186 Å². The van der Waals surface area contributed by atoms with Crippen molar-refractivity contribution in [2.24, 2.45) is 0 Å². The summed E-state index contributed by atoms with van der Waals surface area (Å²) in [6, 6.07) is 10.5. The number of nitrogens with zero attached hydrogens (tertiary/aromatic N) is 1. The van der Waals surface area contributed by atoms with Crippen molar-refractivity contribution in [1.82, 2.24) is 15.2 Å². The lowest BCUT2D eigenvalue weighted by molar-refractivity contribution is -0.117. The van der Waals surface area contributed by atoms with Crippen LogP contribution >= 0.6 is 27.5 Å². The third-order valence-corrected chi connectivity index (χ3v) is 6.07. The van der Waals surface area contributed by atoms with Crippen LogP contribution in [0.4, 0.5) is 0 Å². The van der Waals surface area contributed by atoms with Crippen molar-refractivity contribution < 1.29 is 14.4 Å². The first kappa shape index (κ1) is 20.6. The molecule has 3 aromatic rings. The number of benzene rings is 2. The van der Waals surface area contributed by atoms with Crippen LogP contribution in [0.5, 0.6) is 0 Å². The first-order valence-electron chi connectivity index (χ1n) is 9.50. The number of aromatic nitrogens is 1. The van der Waals surface area contributed by atoms with E-state index in [0.717, 1.165) is 15.6 Å². The average Bonchev–Trinajstić information content (AvgIpc) is 3.33. The fourth-order valence-electron chi connectivity index (χ4n) is 3.68. The molecule has 0 aliphatic carbocycles. The Balaban J connectivity index is 1.42. The number of halogens is 2. The summed E-state index contributed by atoms with van der Waals surface area (Å²) in [6.45, 7) is 2.73. The first-order valence-corrected chi connectivity index (χ1v) is 10.7. The fourth-order valence-corrected chi connectivity index (χ4v) is 4.36. The molecule has 1 fully saturated rings. The van der Waals surface area contributed by atoms with Crippen LogP contribution in [0.1, 0.15) is 32.7 Å². The molecule has 30 heavy (non-hydrogen) atoms. The molecule has 1 aliphatic rings. The predicted octanol–water partition coefficient (Wildman–Crippen LogP) is 4.11. The second-order valence-electron chi connectivity index (χ2n) is 7.41. The molecule has 6 nitrogen and oxygen atoms in total. The van der Waals surface area contributed by atoms with Gasteiger partial charge in [-0.3, -0.25) is 14.4 Å². The summed E-state index contributed by atoms with van der Waals surface area (Å²) in [5.41, 5.74) is 2.52. The van der Waals surface area contributed by atoms with Crippen molar-refractivity contribution >= 4 is 56.0 Å². The van der Waals surface area contributed by atoms with Gasteiger partial charge >= 0.3 is 0 Å². The Morgan fingerprint density at radius 2 is 1.97 bits per heavy atom. The molecule has 0 spiro atoms. The zero-order chi connectivity index (χ0) is 21.4. The number of amides is 2. The number of carbonyl (C=O) groups is 3. The number of nitrogens with one attached hydrogen (secondary N) is 2. The quantitative estimate of drug-likeness (QED) is 0.428. The van der Waals surface area contributed by atoms with Gasteiger partial charge in [-0.2, -0.15) is 0 Å². The third kappa shape index (κ3) is 4.00. The Kier molecular flexibility index (Phi) is 5.66. The van der Waals surface area contributed by atoms with Gasteiger partial charge in [-0.25, -0.2) is 0 Å². The van der Waals surface area contributed by atoms with Crippen molar-refractivity contribution in [2.45, 2.75) is 19.4 Å². The van der Waals surface area contributed by atoms with E-state index in [-0.39, 0.29) is 11.9 Å². The highest BCUT2D eigenvalue weighted by molar-refractivity contribution is 9.10. The molecule has 1 aliphatic heterocycles. The highest BCUT2D eigenvalue weighted by Gasteiger charge is 2.31. The minimum atomic E-state index is -0.677. The van der Waals surface area contributed by atoms with E-state index in [9.17, 15) is 14.4 Å². The number of likely N-dealkylation sites (tertiary alicyclic amines) is 1. The number of H-pyrrole nitrogens is 1. The van der Waals surface area contributed by atoms with Gasteiger partial charge in [-0.05, 0) is 49.2 Å². The maximum Gasteiger partial charge on any atom is 0.292 e. The van der Waals surface area contributed by atoms with Crippen LogP contribution in [0.15, 0.2) is 47.1 Å². The number of ketones is 1. The van der Waals surface area contributed by atoms with Crippen molar-refractivity contribution in [3.8, 4) is 0 Å². The summed E-state index contributed by atoms with van der Waals surface area (Å²) in [6.07, 6.45) is 2.12. The molecule has 8 heteroatoms. The number of fused-ring (bicyclic) bond motifs is 1. The summed E-state index contributed by atoms with van der Waals surface area (Å²) in [5, 5.41) is 3.86. The van der Waals surface area contributed by atoms with Gasteiger partial charge in [0.25, 0.3) is 17.6 Å². The van der Waals surface area contributed by atoms with Crippen LogP contribution in [0.25, 0.3) is 10.9 Å². The normalized spacial score (nSPS) is 16.1. The lowest BCUT2D eigenvalue weighted by Crippen LogP contribution is -2.41. The molecule has 2 N–H and O–H groups in total. The van der Waals surface area contributed by atoms with E-state index in [4.69, 9.17) is 11.6 Å². The van der Waals surface area contributed by atoms with Gasteiger partial charge in [0.2, 0.25) is 0 Å². The van der Waals surface area contributed by atoms with Gasteiger partial charge in [-0.15, -0.1) is 0 Å². The summed E-state index contributed by atoms with van der Waals surface area (Å²) in [4.78, 5) is 42.7. The van der Waals surface area contributed by atoms with Gasteiger partial charge in [0, 0.05) is 40.7 Å². The third-order valence-electron chi connectivity index (χ3n) is 5.26. The van der Waals surface area contributed by atoms with Crippen molar-refractivity contribution in [3.05, 3.63) is 68.8 Å². The Morgan fingerprint density at radius 1 is 1.17 bits per heavy atom. The number of hydrogen-bond acceptors (Lipinski definition) is 3. The predicted molar refractivity (Wildman–Crippen MR) is 119 cm³/mol. The second-order valence-corrected chi connectivity index (χ2v) is 8.74. The minimum absolute atomic E-state index is 0.176. The van der Waals surface area contributed by atoms with E-state index in [1.54, 1.807) is 29.3 Å². The largest absolute Gasteiger partial charge is 0.360 e. The number of aromatic amines is 1. The molecule has 1 saturated heterocycles. The number of carbonyl (C=O) groups excluding carboxylic acids is 3. The first-order chi connectivity index (χ1) is 14.3. The number of Topliss-reactive ketones (excluding diaryl/α,β-unsaturated/α-hetero) is 1. The summed E-state index contributed by atoms with van der Waals surface area (Å²) in [7, 11) is 0. The number of hydrogen-bond donors (Lipinski definition) is 2. The molecule has 2 heterocycles. The smallest absolute Gasteiger partial charge is 0.292 e. The maximum atomic E-state index is 12.8. The standard InChI is InChI=1S/C22H19BrClN3O3/c1-12-2-4-15(18(24)8-12)22(30)27-7-6-14(11-27)26-21(29)20(28)17-10-25-19-5-3-13(23)9-16(17)19/h2-5,8-10,14,25H,6-7,11H2,1H3,(H,26,29). The molecule has 1 aromatic heterocycles. The highest BCUT2D eigenvalue weighted by atomic mass is 79.9. The lowest BCUT2D eigenvalue weighted by Gasteiger charge is -2.18. The number of aryl methyl sites for hydroxylation is 1. The van der Waals surface area contributed by atoms with Crippen LogP contribution in [-0.4, -0.2) is 46.6 Å². The van der Waals surface area contributed by atoms with Crippen molar-refractivity contribution in [1.29, 1.82) is 0 Å². The van der Waals surface area contributed by atoms with Gasteiger partial charge < -0.3 is 15.2 Å². The van der Waals surface area contributed by atoms with E-state index in [1.165, 1.54) is 0 Å². The van der Waals surface area contributed by atoms with Crippen molar-refractivity contribution in [2.75, 3.05) is 13.1 Å².